The van der Waals surface area contributed by atoms with E-state index in [0.29, 0.717) is 5.75 Å². The Hall–Kier alpha value is -1.29. The summed E-state index contributed by atoms with van der Waals surface area (Å²) in [5.74, 6) is 0.418. The highest BCUT2D eigenvalue weighted by atomic mass is 32.2. The first-order chi connectivity index (χ1) is 7.18. The largest absolute Gasteiger partial charge is 0.324 e. The first-order valence-electron chi connectivity index (χ1n) is 4.72. The molecule has 1 heterocycles. The van der Waals surface area contributed by atoms with Gasteiger partial charge in [-0.15, -0.1) is 0 Å². The van der Waals surface area contributed by atoms with Crippen molar-refractivity contribution in [2.45, 2.75) is 6.92 Å². The Morgan fingerprint density at radius 1 is 1.40 bits per heavy atom. The summed E-state index contributed by atoms with van der Waals surface area (Å²) in [6.07, 6.45) is 0. The second kappa shape index (κ2) is 4.06. The van der Waals surface area contributed by atoms with E-state index in [1.165, 1.54) is 17.3 Å². The molecule has 0 fully saturated rings. The normalized spacial score (nSPS) is 15.3. The summed E-state index contributed by atoms with van der Waals surface area (Å²) in [7, 11) is 1.94. The number of thioether (sulfide) groups is 1. The fraction of sp³-hybridized carbons (Fsp3) is 0.273. The van der Waals surface area contributed by atoms with Crippen molar-refractivity contribution in [1.82, 2.24) is 0 Å². The minimum atomic E-state index is -0.0459. The lowest BCUT2D eigenvalue weighted by Gasteiger charge is -2.19. The highest BCUT2D eigenvalue weighted by Gasteiger charge is 2.19. The third kappa shape index (κ3) is 2.04. The van der Waals surface area contributed by atoms with Crippen molar-refractivity contribution < 1.29 is 4.79 Å². The van der Waals surface area contributed by atoms with Gasteiger partial charge < -0.3 is 4.90 Å². The molecule has 1 aliphatic rings. The number of rotatable bonds is 1. The number of hydrogen-bond acceptors (Lipinski definition) is 3. The molecule has 1 aromatic rings. The van der Waals surface area contributed by atoms with Gasteiger partial charge in [-0.1, -0.05) is 30.0 Å². The van der Waals surface area contributed by atoms with Gasteiger partial charge in [-0.3, -0.25) is 4.79 Å². The molecule has 0 spiro atoms. The lowest BCUT2D eigenvalue weighted by atomic mass is 10.2. The molecular formula is C11H12N2OS. The van der Waals surface area contributed by atoms with Crippen LogP contribution >= 0.6 is 11.8 Å². The molecule has 0 atom stereocenters. The summed E-state index contributed by atoms with van der Waals surface area (Å²) in [5.41, 5.74) is 2.28. The van der Waals surface area contributed by atoms with Crippen LogP contribution in [0.5, 0.6) is 0 Å². The SMILES string of the molecule is Cc1ccccc1N(C)C1=NC(=O)CS1. The highest BCUT2D eigenvalue weighted by Crippen LogP contribution is 2.24. The van der Waals surface area contributed by atoms with E-state index in [4.69, 9.17) is 0 Å². The average Bonchev–Trinajstić information content (AvgIpc) is 2.65. The summed E-state index contributed by atoms with van der Waals surface area (Å²) in [6, 6.07) is 8.07. The van der Waals surface area contributed by atoms with E-state index in [2.05, 4.69) is 4.99 Å². The Bertz CT molecular complexity index is 428. The first-order valence-corrected chi connectivity index (χ1v) is 5.71. The van der Waals surface area contributed by atoms with Crippen molar-refractivity contribution in [2.75, 3.05) is 17.7 Å². The molecule has 0 aromatic heterocycles. The van der Waals surface area contributed by atoms with Crippen molar-refractivity contribution in [2.24, 2.45) is 4.99 Å². The summed E-state index contributed by atoms with van der Waals surface area (Å²) < 4.78 is 0. The van der Waals surface area contributed by atoms with Crippen LogP contribution in [-0.4, -0.2) is 23.9 Å². The van der Waals surface area contributed by atoms with Crippen LogP contribution in [0, 0.1) is 6.92 Å². The van der Waals surface area contributed by atoms with Crippen LogP contribution in [0.4, 0.5) is 5.69 Å². The number of carbonyl (C=O) groups is 1. The molecule has 1 aliphatic heterocycles. The van der Waals surface area contributed by atoms with Crippen molar-refractivity contribution in [1.29, 1.82) is 0 Å². The van der Waals surface area contributed by atoms with Gasteiger partial charge in [0.2, 0.25) is 0 Å². The number of para-hydroxylation sites is 1. The smallest absolute Gasteiger partial charge is 0.258 e. The zero-order chi connectivity index (χ0) is 10.8. The molecule has 0 unspecified atom stereocenters. The van der Waals surface area contributed by atoms with Gasteiger partial charge in [-0.25, -0.2) is 0 Å². The number of benzene rings is 1. The molecule has 1 amide bonds. The second-order valence-electron chi connectivity index (χ2n) is 3.42. The van der Waals surface area contributed by atoms with E-state index in [1.807, 2.05) is 43.1 Å². The van der Waals surface area contributed by atoms with Crippen molar-refractivity contribution in [3.05, 3.63) is 29.8 Å². The van der Waals surface area contributed by atoms with Crippen molar-refractivity contribution in [3.63, 3.8) is 0 Å². The summed E-state index contributed by atoms with van der Waals surface area (Å²) in [6.45, 7) is 2.05. The van der Waals surface area contributed by atoms with Crippen LogP contribution in [0.1, 0.15) is 5.56 Å². The molecular weight excluding hydrogens is 208 g/mol. The molecule has 1 aromatic carbocycles. The molecule has 78 valence electrons. The molecule has 0 bridgehead atoms. The second-order valence-corrected chi connectivity index (χ2v) is 4.36. The minimum absolute atomic E-state index is 0.0459. The number of nitrogens with zero attached hydrogens (tertiary/aromatic N) is 2. The van der Waals surface area contributed by atoms with Crippen LogP contribution in [0.25, 0.3) is 0 Å². The molecule has 3 nitrogen and oxygen atoms in total. The maximum absolute atomic E-state index is 11.0. The molecule has 0 aliphatic carbocycles. The summed E-state index contributed by atoms with van der Waals surface area (Å²) in [4.78, 5) is 17.0. The Morgan fingerprint density at radius 2 is 2.13 bits per heavy atom. The van der Waals surface area contributed by atoms with Gasteiger partial charge in [0, 0.05) is 12.7 Å². The maximum atomic E-state index is 11.0. The Balaban J connectivity index is 2.29. The van der Waals surface area contributed by atoms with Gasteiger partial charge >= 0.3 is 0 Å². The molecule has 0 saturated carbocycles. The van der Waals surface area contributed by atoms with Gasteiger partial charge in [0.05, 0.1) is 5.75 Å². The number of hydrogen-bond donors (Lipinski definition) is 0. The van der Waals surface area contributed by atoms with Crippen molar-refractivity contribution in [3.8, 4) is 0 Å². The third-order valence-electron chi connectivity index (χ3n) is 2.31. The molecule has 4 heteroatoms. The van der Waals surface area contributed by atoms with Crippen LogP contribution in [0.2, 0.25) is 0 Å². The molecule has 2 rings (SSSR count). The molecule has 0 N–H and O–H groups in total. The Labute approximate surface area is 93.2 Å². The Morgan fingerprint density at radius 3 is 2.73 bits per heavy atom. The van der Waals surface area contributed by atoms with E-state index >= 15 is 0 Å². The van der Waals surface area contributed by atoms with Crippen LogP contribution in [0.15, 0.2) is 29.3 Å². The predicted molar refractivity (Wildman–Crippen MR) is 64.5 cm³/mol. The van der Waals surface area contributed by atoms with E-state index in [1.54, 1.807) is 0 Å². The Kier molecular flexibility index (Phi) is 2.77. The van der Waals surface area contributed by atoms with Crippen LogP contribution < -0.4 is 4.90 Å². The zero-order valence-electron chi connectivity index (χ0n) is 8.73. The summed E-state index contributed by atoms with van der Waals surface area (Å²) in [5, 5.41) is 0.786. The topological polar surface area (TPSA) is 32.7 Å². The molecule has 0 radical (unpaired) electrons. The number of aliphatic imine (C=N–C) groups is 1. The molecule has 0 saturated heterocycles. The lowest BCUT2D eigenvalue weighted by Crippen LogP contribution is -2.22. The number of amidine groups is 1. The van der Waals surface area contributed by atoms with Gasteiger partial charge in [0.1, 0.15) is 0 Å². The average molecular weight is 220 g/mol. The van der Waals surface area contributed by atoms with Crippen LogP contribution in [0.3, 0.4) is 0 Å². The number of amides is 1. The summed E-state index contributed by atoms with van der Waals surface area (Å²) >= 11 is 1.49. The first kappa shape index (κ1) is 10.2. The van der Waals surface area contributed by atoms with E-state index in [-0.39, 0.29) is 5.91 Å². The van der Waals surface area contributed by atoms with E-state index < -0.39 is 0 Å². The predicted octanol–water partition coefficient (Wildman–Crippen LogP) is 2.06. The van der Waals surface area contributed by atoms with E-state index in [0.717, 1.165) is 10.9 Å². The third-order valence-corrected chi connectivity index (χ3v) is 3.32. The number of anilines is 1. The fourth-order valence-electron chi connectivity index (χ4n) is 1.51. The number of carbonyl (C=O) groups excluding carboxylic acids is 1. The fourth-order valence-corrected chi connectivity index (χ4v) is 2.29. The highest BCUT2D eigenvalue weighted by molar-refractivity contribution is 8.15. The number of aryl methyl sites for hydroxylation is 1. The van der Waals surface area contributed by atoms with Gasteiger partial charge in [-0.2, -0.15) is 4.99 Å². The molecule has 15 heavy (non-hydrogen) atoms. The van der Waals surface area contributed by atoms with Crippen molar-refractivity contribution >= 4 is 28.5 Å². The van der Waals surface area contributed by atoms with Crippen LogP contribution in [-0.2, 0) is 4.79 Å². The maximum Gasteiger partial charge on any atom is 0.258 e. The van der Waals surface area contributed by atoms with E-state index in [9.17, 15) is 4.79 Å². The van der Waals surface area contributed by atoms with Gasteiger partial charge in [0.25, 0.3) is 5.91 Å². The zero-order valence-corrected chi connectivity index (χ0v) is 9.54. The van der Waals surface area contributed by atoms with Gasteiger partial charge in [0.15, 0.2) is 5.17 Å². The quantitative estimate of drug-likeness (QED) is 0.726. The van der Waals surface area contributed by atoms with Gasteiger partial charge in [-0.05, 0) is 18.6 Å². The monoisotopic (exact) mass is 220 g/mol. The lowest BCUT2D eigenvalue weighted by molar-refractivity contribution is -0.115. The minimum Gasteiger partial charge on any atom is -0.324 e. The standard InChI is InChI=1S/C11H12N2OS/c1-8-5-3-4-6-9(8)13(2)11-12-10(14)7-15-11/h3-6H,7H2,1-2H3.